The highest BCUT2D eigenvalue weighted by atomic mass is 32.2. The fourth-order valence-electron chi connectivity index (χ4n) is 1.34. The molecule has 0 saturated carbocycles. The van der Waals surface area contributed by atoms with E-state index >= 15 is 0 Å². The number of hydrogen-bond donors (Lipinski definition) is 2. The van der Waals surface area contributed by atoms with Gasteiger partial charge in [0.2, 0.25) is 10.0 Å². The van der Waals surface area contributed by atoms with Crippen molar-refractivity contribution in [2.75, 3.05) is 16.2 Å². The van der Waals surface area contributed by atoms with Crippen molar-refractivity contribution in [3.05, 3.63) is 24.3 Å². The molecule has 9 heteroatoms. The van der Waals surface area contributed by atoms with Crippen LogP contribution in [-0.2, 0) is 24.7 Å². The predicted molar refractivity (Wildman–Crippen MR) is 69.2 cm³/mol. The Balaban J connectivity index is 3.21. The third-order valence-corrected chi connectivity index (χ3v) is 5.13. The van der Waals surface area contributed by atoms with E-state index in [1.807, 2.05) is 4.72 Å². The van der Waals surface area contributed by atoms with E-state index in [9.17, 15) is 21.6 Å². The van der Waals surface area contributed by atoms with Crippen LogP contribution in [0.25, 0.3) is 0 Å². The second-order valence-corrected chi connectivity index (χ2v) is 7.62. The van der Waals surface area contributed by atoms with Crippen LogP contribution < -0.4 is 4.72 Å². The summed E-state index contributed by atoms with van der Waals surface area (Å²) in [6.45, 7) is 1.43. The first-order chi connectivity index (χ1) is 8.68. The van der Waals surface area contributed by atoms with Crippen LogP contribution in [0.5, 0.6) is 0 Å². The van der Waals surface area contributed by atoms with Gasteiger partial charge in [-0.2, -0.15) is 0 Å². The molecule has 7 nitrogen and oxygen atoms in total. The van der Waals surface area contributed by atoms with E-state index < -0.39 is 31.6 Å². The minimum absolute atomic E-state index is 0.148. The first-order valence-electron chi connectivity index (χ1n) is 5.22. The molecule has 0 radical (unpaired) electrons. The van der Waals surface area contributed by atoms with Gasteiger partial charge in [-0.3, -0.25) is 9.52 Å². The van der Waals surface area contributed by atoms with Crippen molar-refractivity contribution in [3.8, 4) is 0 Å². The van der Waals surface area contributed by atoms with Gasteiger partial charge in [0, 0.05) is 0 Å². The second-order valence-electron chi connectivity index (χ2n) is 3.65. The summed E-state index contributed by atoms with van der Waals surface area (Å²) >= 11 is 0. The molecule has 19 heavy (non-hydrogen) atoms. The van der Waals surface area contributed by atoms with Crippen LogP contribution >= 0.6 is 0 Å². The number of nitrogens with one attached hydrogen (secondary N) is 1. The SMILES string of the molecule is CCS(=O)(=O)c1ccccc1NS(=O)(=O)CC(=O)O. The lowest BCUT2D eigenvalue weighted by molar-refractivity contribution is -0.134. The highest BCUT2D eigenvalue weighted by Gasteiger charge is 2.21. The largest absolute Gasteiger partial charge is 0.480 e. The van der Waals surface area contributed by atoms with Gasteiger partial charge in [0.15, 0.2) is 15.6 Å². The Hall–Kier alpha value is -1.61. The van der Waals surface area contributed by atoms with Gasteiger partial charge < -0.3 is 5.11 Å². The highest BCUT2D eigenvalue weighted by Crippen LogP contribution is 2.23. The number of sulfone groups is 1. The summed E-state index contributed by atoms with van der Waals surface area (Å²) in [6.07, 6.45) is 0. The van der Waals surface area contributed by atoms with Gasteiger partial charge in [0.25, 0.3) is 0 Å². The van der Waals surface area contributed by atoms with Gasteiger partial charge in [-0.05, 0) is 12.1 Å². The molecule has 0 amide bonds. The molecule has 0 atom stereocenters. The Morgan fingerprint density at radius 3 is 2.32 bits per heavy atom. The molecule has 0 aliphatic carbocycles. The maximum absolute atomic E-state index is 11.8. The number of rotatable bonds is 6. The maximum atomic E-state index is 11.8. The van der Waals surface area contributed by atoms with E-state index in [0.717, 1.165) is 0 Å². The number of aliphatic carboxylic acids is 1. The zero-order chi connectivity index (χ0) is 14.7. The topological polar surface area (TPSA) is 118 Å². The molecule has 0 aromatic heterocycles. The zero-order valence-electron chi connectivity index (χ0n) is 10.0. The third kappa shape index (κ3) is 4.21. The fraction of sp³-hybridized carbons (Fsp3) is 0.300. The Morgan fingerprint density at radius 1 is 1.21 bits per heavy atom. The van der Waals surface area contributed by atoms with Crippen molar-refractivity contribution in [1.82, 2.24) is 0 Å². The molecule has 106 valence electrons. The molecule has 0 fully saturated rings. The average Bonchev–Trinajstić information content (AvgIpc) is 2.27. The molecule has 0 bridgehead atoms. The molecule has 2 N–H and O–H groups in total. The highest BCUT2D eigenvalue weighted by molar-refractivity contribution is 7.93. The molecular formula is C10H13NO6S2. The summed E-state index contributed by atoms with van der Waals surface area (Å²) in [5.41, 5.74) is -0.148. The van der Waals surface area contributed by atoms with Crippen molar-refractivity contribution < 1.29 is 26.7 Å². The van der Waals surface area contributed by atoms with Crippen LogP contribution in [0.2, 0.25) is 0 Å². The number of anilines is 1. The molecule has 1 aromatic rings. The molecule has 0 aliphatic heterocycles. The molecule has 0 aliphatic rings. The average molecular weight is 307 g/mol. The van der Waals surface area contributed by atoms with E-state index in [1.165, 1.54) is 31.2 Å². The van der Waals surface area contributed by atoms with Crippen LogP contribution in [0.1, 0.15) is 6.92 Å². The van der Waals surface area contributed by atoms with Gasteiger partial charge in [0.05, 0.1) is 16.3 Å². The van der Waals surface area contributed by atoms with E-state index in [1.54, 1.807) is 0 Å². The summed E-state index contributed by atoms with van der Waals surface area (Å²) in [7, 11) is -7.74. The summed E-state index contributed by atoms with van der Waals surface area (Å²) in [4.78, 5) is 10.2. The minimum Gasteiger partial charge on any atom is -0.480 e. The summed E-state index contributed by atoms with van der Waals surface area (Å²) in [5.74, 6) is -2.85. The van der Waals surface area contributed by atoms with Gasteiger partial charge in [0.1, 0.15) is 0 Å². The molecule has 0 heterocycles. The van der Waals surface area contributed by atoms with E-state index in [-0.39, 0.29) is 16.3 Å². The summed E-state index contributed by atoms with van der Waals surface area (Å²) in [5, 5.41) is 8.47. The second kappa shape index (κ2) is 5.57. The Morgan fingerprint density at radius 2 is 1.79 bits per heavy atom. The Labute approximate surface area is 111 Å². The summed E-state index contributed by atoms with van der Waals surface area (Å²) in [6, 6.07) is 5.43. The van der Waals surface area contributed by atoms with E-state index in [4.69, 9.17) is 5.11 Å². The standard InChI is InChI=1S/C10H13NO6S2/c1-2-18(14,15)9-6-4-3-5-8(9)11-19(16,17)7-10(12)13/h3-6,11H,2,7H2,1H3,(H,12,13). The van der Waals surface area contributed by atoms with Crippen LogP contribution in [0.3, 0.4) is 0 Å². The van der Waals surface area contributed by atoms with Crippen LogP contribution in [-0.4, -0.2) is 39.4 Å². The van der Waals surface area contributed by atoms with Crippen LogP contribution in [0, 0.1) is 0 Å². The van der Waals surface area contributed by atoms with E-state index in [0.29, 0.717) is 0 Å². The van der Waals surface area contributed by atoms with Gasteiger partial charge in [-0.15, -0.1) is 0 Å². The van der Waals surface area contributed by atoms with Crippen molar-refractivity contribution in [2.24, 2.45) is 0 Å². The number of para-hydroxylation sites is 1. The first kappa shape index (κ1) is 15.4. The smallest absolute Gasteiger partial charge is 0.320 e. The van der Waals surface area contributed by atoms with Crippen molar-refractivity contribution in [3.63, 3.8) is 0 Å². The number of carboxylic acid groups (broad SMARTS) is 1. The van der Waals surface area contributed by atoms with E-state index in [2.05, 4.69) is 0 Å². The van der Waals surface area contributed by atoms with Crippen molar-refractivity contribution >= 4 is 31.5 Å². The quantitative estimate of drug-likeness (QED) is 0.780. The van der Waals surface area contributed by atoms with Crippen LogP contribution in [0.15, 0.2) is 29.2 Å². The fourth-order valence-corrected chi connectivity index (χ4v) is 3.37. The lowest BCUT2D eigenvalue weighted by atomic mass is 10.3. The van der Waals surface area contributed by atoms with Gasteiger partial charge >= 0.3 is 5.97 Å². The van der Waals surface area contributed by atoms with Crippen molar-refractivity contribution in [1.29, 1.82) is 0 Å². The monoisotopic (exact) mass is 307 g/mol. The minimum atomic E-state index is -4.14. The molecule has 1 rings (SSSR count). The van der Waals surface area contributed by atoms with Gasteiger partial charge in [-0.1, -0.05) is 19.1 Å². The normalized spacial score (nSPS) is 12.1. The molecule has 0 saturated heterocycles. The number of sulfonamides is 1. The number of hydrogen-bond acceptors (Lipinski definition) is 5. The lowest BCUT2D eigenvalue weighted by Crippen LogP contribution is -2.23. The molecule has 0 spiro atoms. The lowest BCUT2D eigenvalue weighted by Gasteiger charge is -2.11. The summed E-state index contributed by atoms with van der Waals surface area (Å²) < 4.78 is 48.5. The maximum Gasteiger partial charge on any atom is 0.320 e. The molecular weight excluding hydrogens is 294 g/mol. The number of benzene rings is 1. The van der Waals surface area contributed by atoms with Crippen LogP contribution in [0.4, 0.5) is 5.69 Å². The van der Waals surface area contributed by atoms with Crippen molar-refractivity contribution in [2.45, 2.75) is 11.8 Å². The Bertz CT molecular complexity index is 678. The third-order valence-electron chi connectivity index (χ3n) is 2.18. The number of carboxylic acids is 1. The predicted octanol–water partition coefficient (Wildman–Crippen LogP) is 0.306. The zero-order valence-corrected chi connectivity index (χ0v) is 11.7. The molecule has 0 unspecified atom stereocenters. The Kier molecular flexibility index (Phi) is 4.53. The van der Waals surface area contributed by atoms with Gasteiger partial charge in [-0.25, -0.2) is 16.8 Å². The number of carbonyl (C=O) groups is 1. The first-order valence-corrected chi connectivity index (χ1v) is 8.52. The molecule has 1 aromatic carbocycles.